The van der Waals surface area contributed by atoms with Crippen molar-refractivity contribution in [1.82, 2.24) is 9.80 Å². The zero-order chi connectivity index (χ0) is 8.01. The Hall–Kier alpha value is -0.710. The fourth-order valence-corrected chi connectivity index (χ4v) is 2.48. The molecule has 2 heterocycles. The molecule has 2 saturated heterocycles. The van der Waals surface area contributed by atoms with Gasteiger partial charge in [-0.05, 0) is 0 Å². The van der Waals surface area contributed by atoms with Gasteiger partial charge in [0.25, 0.3) is 5.91 Å². The largest absolute Gasteiger partial charge is 0.327 e. The predicted molar refractivity (Wildman–Crippen MR) is 41.1 cm³/mol. The predicted octanol–water partition coefficient (Wildman–Crippen LogP) is -0.0467. The van der Waals surface area contributed by atoms with E-state index in [1.807, 2.05) is 0 Å². The fraction of sp³-hybridized carbons (Fsp3) is 0.667. The maximum atomic E-state index is 11.2. The van der Waals surface area contributed by atoms with Gasteiger partial charge in [0.15, 0.2) is 0 Å². The summed E-state index contributed by atoms with van der Waals surface area (Å²) in [4.78, 5) is 25.3. The van der Waals surface area contributed by atoms with Crippen LogP contribution < -0.4 is 0 Å². The number of urea groups is 1. The van der Waals surface area contributed by atoms with E-state index < -0.39 is 0 Å². The number of thioether (sulfide) groups is 1. The Morgan fingerprint density at radius 1 is 1.55 bits per heavy atom. The summed E-state index contributed by atoms with van der Waals surface area (Å²) in [5.41, 5.74) is 0. The lowest BCUT2D eigenvalue weighted by Gasteiger charge is -2.09. The van der Waals surface area contributed by atoms with Crippen LogP contribution in [0, 0.1) is 0 Å². The lowest BCUT2D eigenvalue weighted by molar-refractivity contribution is -0.126. The van der Waals surface area contributed by atoms with Crippen LogP contribution in [0.4, 0.5) is 4.79 Å². The number of carbonyl (C=O) groups excluding carboxylic acids is 2. The highest BCUT2D eigenvalue weighted by Gasteiger charge is 2.45. The Kier molecular flexibility index (Phi) is 1.35. The van der Waals surface area contributed by atoms with Gasteiger partial charge in [0.1, 0.15) is 6.04 Å². The molecule has 3 amide bonds. The molecule has 0 bridgehead atoms. The maximum absolute atomic E-state index is 11.2. The molecule has 0 radical (unpaired) electrons. The SMILES string of the molecule is CN1C(=O)[C@@H]2CSCN2C1=O. The highest BCUT2D eigenvalue weighted by molar-refractivity contribution is 7.99. The van der Waals surface area contributed by atoms with Gasteiger partial charge in [-0.3, -0.25) is 9.69 Å². The molecule has 4 nitrogen and oxygen atoms in total. The molecule has 0 aromatic carbocycles. The van der Waals surface area contributed by atoms with Crippen LogP contribution in [0.3, 0.4) is 0 Å². The van der Waals surface area contributed by atoms with Gasteiger partial charge in [0, 0.05) is 12.8 Å². The van der Waals surface area contributed by atoms with Gasteiger partial charge in [-0.2, -0.15) is 0 Å². The zero-order valence-electron chi connectivity index (χ0n) is 6.11. The number of hydrogen-bond donors (Lipinski definition) is 0. The van der Waals surface area contributed by atoms with Crippen LogP contribution in [0.5, 0.6) is 0 Å². The van der Waals surface area contributed by atoms with Crippen LogP contribution >= 0.6 is 11.8 Å². The molecule has 2 aliphatic heterocycles. The van der Waals surface area contributed by atoms with Crippen LogP contribution in [-0.4, -0.2) is 46.5 Å². The fourth-order valence-electron chi connectivity index (χ4n) is 1.35. The molecule has 0 saturated carbocycles. The summed E-state index contributed by atoms with van der Waals surface area (Å²) in [5, 5.41) is 0. The Bertz CT molecular complexity index is 209. The highest BCUT2D eigenvalue weighted by atomic mass is 32.2. The number of rotatable bonds is 0. The second-order valence-corrected chi connectivity index (χ2v) is 3.67. The number of fused-ring (bicyclic) bond motifs is 1. The monoisotopic (exact) mass is 172 g/mol. The molecule has 0 spiro atoms. The van der Waals surface area contributed by atoms with Gasteiger partial charge in [0.05, 0.1) is 5.88 Å². The lowest BCUT2D eigenvalue weighted by Crippen LogP contribution is -2.29. The van der Waals surface area contributed by atoms with E-state index in [9.17, 15) is 9.59 Å². The van der Waals surface area contributed by atoms with Crippen molar-refractivity contribution >= 4 is 23.7 Å². The molecule has 0 aromatic heterocycles. The topological polar surface area (TPSA) is 40.6 Å². The van der Waals surface area contributed by atoms with Crippen molar-refractivity contribution in [1.29, 1.82) is 0 Å². The number of nitrogens with zero attached hydrogens (tertiary/aromatic N) is 2. The highest BCUT2D eigenvalue weighted by Crippen LogP contribution is 2.27. The summed E-state index contributed by atoms with van der Waals surface area (Å²) >= 11 is 1.63. The number of carbonyl (C=O) groups is 2. The minimum Gasteiger partial charge on any atom is -0.302 e. The van der Waals surface area contributed by atoms with Gasteiger partial charge in [-0.25, -0.2) is 4.79 Å². The van der Waals surface area contributed by atoms with Gasteiger partial charge in [-0.15, -0.1) is 11.8 Å². The minimum absolute atomic E-state index is 0.0556. The van der Waals surface area contributed by atoms with Gasteiger partial charge >= 0.3 is 6.03 Å². The molecule has 0 N–H and O–H groups in total. The van der Waals surface area contributed by atoms with Crippen LogP contribution in [0.2, 0.25) is 0 Å². The molecule has 11 heavy (non-hydrogen) atoms. The number of likely N-dealkylation sites (N-methyl/N-ethyl adjacent to an activating group) is 1. The first-order valence-electron chi connectivity index (χ1n) is 3.37. The molecule has 0 unspecified atom stereocenters. The first-order chi connectivity index (χ1) is 5.22. The molecule has 5 heteroatoms. The van der Waals surface area contributed by atoms with E-state index >= 15 is 0 Å². The van der Waals surface area contributed by atoms with Crippen molar-refractivity contribution < 1.29 is 9.59 Å². The quantitative estimate of drug-likeness (QED) is 0.481. The van der Waals surface area contributed by atoms with Gasteiger partial charge in [0.2, 0.25) is 0 Å². The molecular formula is C6H8N2O2S. The third-order valence-electron chi connectivity index (χ3n) is 2.03. The van der Waals surface area contributed by atoms with Crippen LogP contribution in [0.1, 0.15) is 0 Å². The maximum Gasteiger partial charge on any atom is 0.327 e. The molecular weight excluding hydrogens is 164 g/mol. The van der Waals surface area contributed by atoms with Crippen molar-refractivity contribution in [2.45, 2.75) is 6.04 Å². The number of amides is 3. The first kappa shape index (κ1) is 6.97. The van der Waals surface area contributed by atoms with E-state index in [1.165, 1.54) is 11.9 Å². The Labute approximate surface area is 68.5 Å². The van der Waals surface area contributed by atoms with Crippen LogP contribution in [0.25, 0.3) is 0 Å². The summed E-state index contributed by atoms with van der Waals surface area (Å²) in [6.45, 7) is 0. The summed E-state index contributed by atoms with van der Waals surface area (Å²) < 4.78 is 0. The molecule has 2 aliphatic rings. The lowest BCUT2D eigenvalue weighted by atomic mass is 10.3. The summed E-state index contributed by atoms with van der Waals surface area (Å²) in [7, 11) is 1.54. The van der Waals surface area contributed by atoms with Crippen LogP contribution in [-0.2, 0) is 4.79 Å². The average molecular weight is 172 g/mol. The average Bonchev–Trinajstić information content (AvgIpc) is 2.53. The smallest absolute Gasteiger partial charge is 0.302 e. The zero-order valence-corrected chi connectivity index (χ0v) is 6.93. The third-order valence-corrected chi connectivity index (χ3v) is 3.04. The number of hydrogen-bond acceptors (Lipinski definition) is 3. The van der Waals surface area contributed by atoms with E-state index in [1.54, 1.807) is 16.7 Å². The van der Waals surface area contributed by atoms with Gasteiger partial charge < -0.3 is 4.90 Å². The normalized spacial score (nSPS) is 30.1. The molecule has 1 atom stereocenters. The van der Waals surface area contributed by atoms with E-state index in [0.29, 0.717) is 5.88 Å². The standard InChI is InChI=1S/C6H8N2O2S/c1-7-5(9)4-2-11-3-8(4)6(7)10/h4H,2-3H2,1H3/t4-/m0/s1. The van der Waals surface area contributed by atoms with Crippen molar-refractivity contribution in [2.75, 3.05) is 18.7 Å². The van der Waals surface area contributed by atoms with E-state index in [4.69, 9.17) is 0 Å². The van der Waals surface area contributed by atoms with Crippen molar-refractivity contribution in [3.63, 3.8) is 0 Å². The van der Waals surface area contributed by atoms with E-state index in [0.717, 1.165) is 5.75 Å². The van der Waals surface area contributed by atoms with Crippen LogP contribution in [0.15, 0.2) is 0 Å². The summed E-state index contributed by atoms with van der Waals surface area (Å²) in [6.07, 6.45) is 0. The Morgan fingerprint density at radius 2 is 2.27 bits per heavy atom. The van der Waals surface area contributed by atoms with E-state index in [2.05, 4.69) is 0 Å². The number of imide groups is 1. The Balaban J connectivity index is 2.30. The first-order valence-corrected chi connectivity index (χ1v) is 4.53. The molecule has 2 fully saturated rings. The molecule has 0 aliphatic carbocycles. The van der Waals surface area contributed by atoms with Crippen molar-refractivity contribution in [3.8, 4) is 0 Å². The second-order valence-electron chi connectivity index (χ2n) is 2.67. The van der Waals surface area contributed by atoms with E-state index in [-0.39, 0.29) is 18.0 Å². The third kappa shape index (κ3) is 0.772. The summed E-state index contributed by atoms with van der Waals surface area (Å²) in [5.74, 6) is 1.37. The Morgan fingerprint density at radius 3 is 2.91 bits per heavy atom. The molecule has 0 aromatic rings. The molecule has 2 rings (SSSR count). The molecule has 60 valence electrons. The minimum atomic E-state index is -0.169. The van der Waals surface area contributed by atoms with Crippen molar-refractivity contribution in [2.24, 2.45) is 0 Å². The van der Waals surface area contributed by atoms with Gasteiger partial charge in [-0.1, -0.05) is 0 Å². The second kappa shape index (κ2) is 2.14. The van der Waals surface area contributed by atoms with Crippen molar-refractivity contribution in [3.05, 3.63) is 0 Å². The summed E-state index contributed by atoms with van der Waals surface area (Å²) in [6, 6.07) is -0.317.